The molecule has 0 bridgehead atoms. The Bertz CT molecular complexity index is 371. The fourth-order valence-electron chi connectivity index (χ4n) is 1.42. The maximum absolute atomic E-state index is 11.2. The molecule has 1 aromatic rings. The zero-order valence-corrected chi connectivity index (χ0v) is 9.95. The van der Waals surface area contributed by atoms with Crippen LogP contribution in [-0.4, -0.2) is 16.7 Å². The number of thiol groups is 1. The third-order valence-electron chi connectivity index (χ3n) is 1.95. The standard InChI is InChI=1S/C11H15NO2S/c1-11(2,3)12(10(13)14)8-5-4-6-9(15)7-8/h4-7,15H,1-3H3,(H,13,14). The number of rotatable bonds is 1. The Kier molecular flexibility index (Phi) is 3.29. The van der Waals surface area contributed by atoms with Gasteiger partial charge < -0.3 is 5.11 Å². The van der Waals surface area contributed by atoms with Crippen LogP contribution in [0.3, 0.4) is 0 Å². The summed E-state index contributed by atoms with van der Waals surface area (Å²) in [6, 6.07) is 7.11. The molecule has 0 aromatic heterocycles. The van der Waals surface area contributed by atoms with Crippen LogP contribution in [-0.2, 0) is 0 Å². The average Bonchev–Trinajstić information content (AvgIpc) is 1.99. The molecular weight excluding hydrogens is 210 g/mol. The molecule has 0 aliphatic rings. The number of anilines is 1. The van der Waals surface area contributed by atoms with Crippen molar-refractivity contribution in [1.29, 1.82) is 0 Å². The maximum Gasteiger partial charge on any atom is 0.412 e. The van der Waals surface area contributed by atoms with E-state index in [4.69, 9.17) is 5.11 Å². The first-order valence-electron chi connectivity index (χ1n) is 4.64. The lowest BCUT2D eigenvalue weighted by Gasteiger charge is -2.33. The molecule has 0 aliphatic heterocycles. The average molecular weight is 225 g/mol. The molecule has 82 valence electrons. The van der Waals surface area contributed by atoms with Crippen LogP contribution >= 0.6 is 12.6 Å². The molecule has 0 fully saturated rings. The van der Waals surface area contributed by atoms with E-state index in [1.807, 2.05) is 26.8 Å². The van der Waals surface area contributed by atoms with Crippen LogP contribution < -0.4 is 4.90 Å². The van der Waals surface area contributed by atoms with Crippen LogP contribution in [0.4, 0.5) is 10.5 Å². The van der Waals surface area contributed by atoms with Crippen molar-refractivity contribution >= 4 is 24.4 Å². The highest BCUT2D eigenvalue weighted by Gasteiger charge is 2.27. The fourth-order valence-corrected chi connectivity index (χ4v) is 1.64. The van der Waals surface area contributed by atoms with Gasteiger partial charge >= 0.3 is 6.09 Å². The molecule has 4 heteroatoms. The highest BCUT2D eigenvalue weighted by atomic mass is 32.1. The van der Waals surface area contributed by atoms with E-state index >= 15 is 0 Å². The number of amides is 1. The first-order chi connectivity index (χ1) is 6.82. The molecule has 0 saturated carbocycles. The minimum absolute atomic E-state index is 0.465. The molecule has 1 amide bonds. The van der Waals surface area contributed by atoms with E-state index in [2.05, 4.69) is 12.6 Å². The van der Waals surface area contributed by atoms with Gasteiger partial charge in [-0.25, -0.2) is 4.79 Å². The van der Waals surface area contributed by atoms with Gasteiger partial charge in [0.1, 0.15) is 0 Å². The summed E-state index contributed by atoms with van der Waals surface area (Å²) in [5.74, 6) is 0. The predicted molar refractivity (Wildman–Crippen MR) is 64.0 cm³/mol. The lowest BCUT2D eigenvalue weighted by molar-refractivity contribution is 0.195. The van der Waals surface area contributed by atoms with Crippen LogP contribution in [0.1, 0.15) is 20.8 Å². The zero-order chi connectivity index (χ0) is 11.6. The third kappa shape index (κ3) is 2.89. The molecule has 1 rings (SSSR count). The largest absolute Gasteiger partial charge is 0.465 e. The van der Waals surface area contributed by atoms with Crippen LogP contribution in [0.25, 0.3) is 0 Å². The van der Waals surface area contributed by atoms with Crippen molar-refractivity contribution in [3.8, 4) is 0 Å². The summed E-state index contributed by atoms with van der Waals surface area (Å²) in [6.07, 6.45) is -0.957. The highest BCUT2D eigenvalue weighted by molar-refractivity contribution is 7.80. The van der Waals surface area contributed by atoms with Gasteiger partial charge in [0.2, 0.25) is 0 Å². The van der Waals surface area contributed by atoms with Gasteiger partial charge in [-0.3, -0.25) is 4.90 Å². The molecule has 0 atom stereocenters. The lowest BCUT2D eigenvalue weighted by Crippen LogP contribution is -2.45. The monoisotopic (exact) mass is 225 g/mol. The molecule has 0 unspecified atom stereocenters. The van der Waals surface area contributed by atoms with E-state index in [1.165, 1.54) is 4.90 Å². The number of hydrogen-bond donors (Lipinski definition) is 2. The Morgan fingerprint density at radius 3 is 2.40 bits per heavy atom. The molecular formula is C11H15NO2S. The quantitative estimate of drug-likeness (QED) is 0.720. The van der Waals surface area contributed by atoms with Gasteiger partial charge in [0.05, 0.1) is 0 Å². The number of carboxylic acid groups (broad SMARTS) is 1. The van der Waals surface area contributed by atoms with Crippen molar-refractivity contribution < 1.29 is 9.90 Å². The predicted octanol–water partition coefficient (Wildman–Crippen LogP) is 3.26. The smallest absolute Gasteiger partial charge is 0.412 e. The number of carbonyl (C=O) groups is 1. The van der Waals surface area contributed by atoms with Crippen molar-refractivity contribution in [2.75, 3.05) is 4.90 Å². The molecule has 0 radical (unpaired) electrons. The normalized spacial score (nSPS) is 11.2. The van der Waals surface area contributed by atoms with Gasteiger partial charge in [0.25, 0.3) is 0 Å². The van der Waals surface area contributed by atoms with Crippen molar-refractivity contribution in [2.24, 2.45) is 0 Å². The highest BCUT2D eigenvalue weighted by Crippen LogP contribution is 2.25. The van der Waals surface area contributed by atoms with Crippen molar-refractivity contribution in [1.82, 2.24) is 0 Å². The van der Waals surface area contributed by atoms with E-state index in [1.54, 1.807) is 18.2 Å². The number of nitrogens with zero attached hydrogens (tertiary/aromatic N) is 1. The van der Waals surface area contributed by atoms with Crippen LogP contribution in [0.2, 0.25) is 0 Å². The number of benzene rings is 1. The van der Waals surface area contributed by atoms with Gasteiger partial charge in [-0.2, -0.15) is 0 Å². The summed E-state index contributed by atoms with van der Waals surface area (Å²) >= 11 is 4.19. The molecule has 0 aliphatic carbocycles. The summed E-state index contributed by atoms with van der Waals surface area (Å²) in [7, 11) is 0. The fraction of sp³-hybridized carbons (Fsp3) is 0.364. The second-order valence-corrected chi connectivity index (χ2v) is 4.83. The molecule has 15 heavy (non-hydrogen) atoms. The van der Waals surface area contributed by atoms with Crippen LogP contribution in [0.15, 0.2) is 29.2 Å². The molecule has 1 aromatic carbocycles. The van der Waals surface area contributed by atoms with Gasteiger partial charge in [0.15, 0.2) is 0 Å². The van der Waals surface area contributed by atoms with Gasteiger partial charge in [-0.15, -0.1) is 12.6 Å². The zero-order valence-electron chi connectivity index (χ0n) is 9.06. The summed E-state index contributed by atoms with van der Waals surface area (Å²) in [5.41, 5.74) is 0.176. The Morgan fingerprint density at radius 2 is 2.00 bits per heavy atom. The van der Waals surface area contributed by atoms with Crippen molar-refractivity contribution in [3.05, 3.63) is 24.3 Å². The molecule has 3 nitrogen and oxygen atoms in total. The maximum atomic E-state index is 11.2. The second kappa shape index (κ2) is 4.14. The Hall–Kier alpha value is -1.16. The minimum atomic E-state index is -0.957. The third-order valence-corrected chi connectivity index (χ3v) is 2.23. The molecule has 0 spiro atoms. The SMILES string of the molecule is CC(C)(C)N(C(=O)O)c1cccc(S)c1. The van der Waals surface area contributed by atoms with Crippen molar-refractivity contribution in [3.63, 3.8) is 0 Å². The first-order valence-corrected chi connectivity index (χ1v) is 5.09. The Labute approximate surface area is 95.1 Å². The van der Waals surface area contributed by atoms with E-state index in [0.717, 1.165) is 4.90 Å². The van der Waals surface area contributed by atoms with Gasteiger partial charge in [-0.05, 0) is 39.0 Å². The van der Waals surface area contributed by atoms with E-state index in [-0.39, 0.29) is 0 Å². The van der Waals surface area contributed by atoms with E-state index < -0.39 is 11.6 Å². The Morgan fingerprint density at radius 1 is 1.40 bits per heavy atom. The van der Waals surface area contributed by atoms with Crippen LogP contribution in [0, 0.1) is 0 Å². The minimum Gasteiger partial charge on any atom is -0.465 e. The Balaban J connectivity index is 3.16. The van der Waals surface area contributed by atoms with Crippen LogP contribution in [0.5, 0.6) is 0 Å². The van der Waals surface area contributed by atoms with E-state index in [0.29, 0.717) is 5.69 Å². The molecule has 0 heterocycles. The summed E-state index contributed by atoms with van der Waals surface area (Å²) in [5, 5.41) is 9.15. The van der Waals surface area contributed by atoms with E-state index in [9.17, 15) is 4.79 Å². The molecule has 1 N–H and O–H groups in total. The summed E-state index contributed by atoms with van der Waals surface area (Å²) in [4.78, 5) is 13.2. The lowest BCUT2D eigenvalue weighted by atomic mass is 10.1. The van der Waals surface area contributed by atoms with Gasteiger partial charge in [0, 0.05) is 16.1 Å². The summed E-state index contributed by atoms with van der Waals surface area (Å²) < 4.78 is 0. The second-order valence-electron chi connectivity index (χ2n) is 4.31. The first kappa shape index (κ1) is 11.9. The topological polar surface area (TPSA) is 40.5 Å². The summed E-state index contributed by atoms with van der Waals surface area (Å²) in [6.45, 7) is 5.56. The molecule has 0 saturated heterocycles. The van der Waals surface area contributed by atoms with Crippen molar-refractivity contribution in [2.45, 2.75) is 31.2 Å². The number of hydrogen-bond acceptors (Lipinski definition) is 2. The van der Waals surface area contributed by atoms with Gasteiger partial charge in [-0.1, -0.05) is 6.07 Å².